The van der Waals surface area contributed by atoms with Gasteiger partial charge >= 0.3 is 0 Å². The van der Waals surface area contributed by atoms with Crippen molar-refractivity contribution in [3.8, 4) is 0 Å². The molecule has 5 nitrogen and oxygen atoms in total. The molecule has 0 heterocycles. The number of likely N-dealkylation sites (N-methyl/N-ethyl adjacent to an activating group) is 2. The van der Waals surface area contributed by atoms with Gasteiger partial charge in [0, 0.05) is 26.6 Å². The lowest BCUT2D eigenvalue weighted by Crippen LogP contribution is -2.47. The highest BCUT2D eigenvalue weighted by Crippen LogP contribution is 2.26. The Morgan fingerprint density at radius 2 is 1.86 bits per heavy atom. The first kappa shape index (κ1) is 20.2. The first-order chi connectivity index (χ1) is 9.54. The number of rotatable bonds is 7. The largest absolute Gasteiger partial charge is 0.345 e. The third kappa shape index (κ3) is 7.67. The van der Waals surface area contributed by atoms with Gasteiger partial charge in [0.25, 0.3) is 0 Å². The fourth-order valence-electron chi connectivity index (χ4n) is 2.74. The van der Waals surface area contributed by atoms with Crippen LogP contribution in [-0.4, -0.2) is 49.9 Å². The summed E-state index contributed by atoms with van der Waals surface area (Å²) in [7, 11) is 3.62. The van der Waals surface area contributed by atoms with Crippen LogP contribution < -0.4 is 10.6 Å². The Balaban J connectivity index is 0.00000400. The standard InChI is InChI=1S/C15H29N3O2.ClH/c1-12(15(20)18(3)10-9-16-2)17-14(19)11-13-7-5-4-6-8-13;/h12-13,16H,4-11H2,1-3H3,(H,17,19);1H. The van der Waals surface area contributed by atoms with Crippen LogP contribution >= 0.6 is 12.4 Å². The zero-order valence-electron chi connectivity index (χ0n) is 13.5. The first-order valence-corrected chi connectivity index (χ1v) is 7.73. The molecular formula is C15H30ClN3O2. The Labute approximate surface area is 134 Å². The van der Waals surface area contributed by atoms with Crippen LogP contribution in [0.3, 0.4) is 0 Å². The highest BCUT2D eigenvalue weighted by atomic mass is 35.5. The minimum absolute atomic E-state index is 0. The Hall–Kier alpha value is -0.810. The molecule has 1 rings (SSSR count). The van der Waals surface area contributed by atoms with E-state index in [-0.39, 0.29) is 24.2 Å². The van der Waals surface area contributed by atoms with Gasteiger partial charge in [-0.15, -0.1) is 12.4 Å². The quantitative estimate of drug-likeness (QED) is 0.748. The smallest absolute Gasteiger partial charge is 0.244 e. The van der Waals surface area contributed by atoms with E-state index in [0.717, 1.165) is 19.4 Å². The molecule has 1 fully saturated rings. The maximum Gasteiger partial charge on any atom is 0.244 e. The van der Waals surface area contributed by atoms with Crippen molar-refractivity contribution in [2.75, 3.05) is 27.2 Å². The topological polar surface area (TPSA) is 61.4 Å². The molecule has 0 aromatic rings. The van der Waals surface area contributed by atoms with Gasteiger partial charge in [0.05, 0.1) is 0 Å². The molecule has 6 heteroatoms. The second-order valence-corrected chi connectivity index (χ2v) is 5.86. The van der Waals surface area contributed by atoms with Gasteiger partial charge < -0.3 is 15.5 Å². The van der Waals surface area contributed by atoms with Gasteiger partial charge in [-0.1, -0.05) is 19.3 Å². The van der Waals surface area contributed by atoms with Crippen LogP contribution in [0.15, 0.2) is 0 Å². The van der Waals surface area contributed by atoms with Crippen LogP contribution in [0, 0.1) is 5.92 Å². The summed E-state index contributed by atoms with van der Waals surface area (Å²) < 4.78 is 0. The molecule has 0 spiro atoms. The number of halogens is 1. The number of hydrogen-bond donors (Lipinski definition) is 2. The zero-order chi connectivity index (χ0) is 15.0. The number of nitrogens with one attached hydrogen (secondary N) is 2. The second-order valence-electron chi connectivity index (χ2n) is 5.86. The summed E-state index contributed by atoms with van der Waals surface area (Å²) in [6.07, 6.45) is 6.63. The third-order valence-corrected chi connectivity index (χ3v) is 4.02. The molecule has 1 unspecified atom stereocenters. The molecule has 21 heavy (non-hydrogen) atoms. The van der Waals surface area contributed by atoms with Crippen LogP contribution in [0.1, 0.15) is 45.4 Å². The van der Waals surface area contributed by atoms with Crippen LogP contribution in [0.25, 0.3) is 0 Å². The first-order valence-electron chi connectivity index (χ1n) is 7.73. The Morgan fingerprint density at radius 1 is 1.24 bits per heavy atom. The monoisotopic (exact) mass is 319 g/mol. The SMILES string of the molecule is CNCCN(C)C(=O)C(C)NC(=O)CC1CCCCC1.Cl. The van der Waals surface area contributed by atoms with Gasteiger partial charge in [-0.05, 0) is 32.7 Å². The van der Waals surface area contributed by atoms with Gasteiger partial charge in [-0.2, -0.15) is 0 Å². The molecule has 1 aliphatic rings. The molecule has 0 radical (unpaired) electrons. The van der Waals surface area contributed by atoms with Gasteiger partial charge in [0.15, 0.2) is 0 Å². The van der Waals surface area contributed by atoms with Crippen LogP contribution in [-0.2, 0) is 9.59 Å². The molecule has 0 aromatic carbocycles. The number of carbonyl (C=O) groups is 2. The number of nitrogens with zero attached hydrogens (tertiary/aromatic N) is 1. The Bertz CT molecular complexity index is 320. The Morgan fingerprint density at radius 3 is 2.43 bits per heavy atom. The minimum Gasteiger partial charge on any atom is -0.345 e. The van der Waals surface area contributed by atoms with Crippen molar-refractivity contribution in [3.05, 3.63) is 0 Å². The third-order valence-electron chi connectivity index (χ3n) is 4.02. The van der Waals surface area contributed by atoms with E-state index in [1.165, 1.54) is 19.3 Å². The van der Waals surface area contributed by atoms with Crippen molar-refractivity contribution in [2.24, 2.45) is 5.92 Å². The van der Waals surface area contributed by atoms with Crippen molar-refractivity contribution in [2.45, 2.75) is 51.5 Å². The molecule has 2 amide bonds. The van der Waals surface area contributed by atoms with Crippen molar-refractivity contribution in [1.82, 2.24) is 15.5 Å². The van der Waals surface area contributed by atoms with Crippen LogP contribution in [0.4, 0.5) is 0 Å². The normalized spacial score (nSPS) is 16.7. The number of carbonyl (C=O) groups excluding carboxylic acids is 2. The van der Waals surface area contributed by atoms with Gasteiger partial charge in [0.2, 0.25) is 11.8 Å². The summed E-state index contributed by atoms with van der Waals surface area (Å²) in [5.74, 6) is 0.491. The van der Waals surface area contributed by atoms with Crippen molar-refractivity contribution >= 4 is 24.2 Å². The highest BCUT2D eigenvalue weighted by molar-refractivity contribution is 5.87. The molecule has 0 bridgehead atoms. The fourth-order valence-corrected chi connectivity index (χ4v) is 2.74. The van der Waals surface area contributed by atoms with Crippen molar-refractivity contribution < 1.29 is 9.59 Å². The molecule has 1 atom stereocenters. The summed E-state index contributed by atoms with van der Waals surface area (Å²) in [6, 6.07) is -0.437. The fraction of sp³-hybridized carbons (Fsp3) is 0.867. The summed E-state index contributed by atoms with van der Waals surface area (Å²) in [4.78, 5) is 25.7. The number of amides is 2. The van der Waals surface area contributed by atoms with Gasteiger partial charge in [0.1, 0.15) is 6.04 Å². The van der Waals surface area contributed by atoms with Gasteiger partial charge in [-0.3, -0.25) is 9.59 Å². The van der Waals surface area contributed by atoms with E-state index in [9.17, 15) is 9.59 Å². The Kier molecular flexibility index (Phi) is 10.4. The minimum atomic E-state index is -0.437. The lowest BCUT2D eigenvalue weighted by Gasteiger charge is -2.24. The van der Waals surface area contributed by atoms with E-state index >= 15 is 0 Å². The lowest BCUT2D eigenvalue weighted by atomic mass is 9.87. The van der Waals surface area contributed by atoms with Crippen molar-refractivity contribution in [1.29, 1.82) is 0 Å². The predicted octanol–water partition coefficient (Wildman–Crippen LogP) is 1.56. The van der Waals surface area contributed by atoms with E-state index in [1.54, 1.807) is 18.9 Å². The summed E-state index contributed by atoms with van der Waals surface area (Å²) in [5, 5.41) is 5.84. The van der Waals surface area contributed by atoms with E-state index in [2.05, 4.69) is 10.6 Å². The summed E-state index contributed by atoms with van der Waals surface area (Å²) in [5.41, 5.74) is 0. The molecule has 0 saturated heterocycles. The van der Waals surface area contributed by atoms with E-state index < -0.39 is 6.04 Å². The van der Waals surface area contributed by atoms with Crippen LogP contribution in [0.5, 0.6) is 0 Å². The zero-order valence-corrected chi connectivity index (χ0v) is 14.3. The van der Waals surface area contributed by atoms with E-state index in [4.69, 9.17) is 0 Å². The van der Waals surface area contributed by atoms with Crippen molar-refractivity contribution in [3.63, 3.8) is 0 Å². The highest BCUT2D eigenvalue weighted by Gasteiger charge is 2.22. The molecule has 0 aromatic heterocycles. The molecule has 2 N–H and O–H groups in total. The molecular weight excluding hydrogens is 290 g/mol. The van der Waals surface area contributed by atoms with Gasteiger partial charge in [-0.25, -0.2) is 0 Å². The molecule has 1 aliphatic carbocycles. The molecule has 1 saturated carbocycles. The maximum absolute atomic E-state index is 12.1. The predicted molar refractivity (Wildman–Crippen MR) is 87.6 cm³/mol. The van der Waals surface area contributed by atoms with E-state index in [0.29, 0.717) is 18.9 Å². The summed E-state index contributed by atoms with van der Waals surface area (Å²) >= 11 is 0. The average Bonchev–Trinajstić information content (AvgIpc) is 2.44. The van der Waals surface area contributed by atoms with E-state index in [1.807, 2.05) is 7.05 Å². The van der Waals surface area contributed by atoms with Crippen LogP contribution in [0.2, 0.25) is 0 Å². The maximum atomic E-state index is 12.1. The molecule has 124 valence electrons. The molecule has 0 aliphatic heterocycles. The average molecular weight is 320 g/mol. The number of hydrogen-bond acceptors (Lipinski definition) is 3. The lowest BCUT2D eigenvalue weighted by molar-refractivity contribution is -0.135. The summed E-state index contributed by atoms with van der Waals surface area (Å²) in [6.45, 7) is 3.17. The second kappa shape index (κ2) is 10.9.